The minimum atomic E-state index is -5.75. The van der Waals surface area contributed by atoms with Crippen molar-refractivity contribution in [1.82, 2.24) is 9.97 Å². The summed E-state index contributed by atoms with van der Waals surface area (Å²) in [5.41, 5.74) is -5.34. The van der Waals surface area contributed by atoms with Crippen LogP contribution >= 0.6 is 23.5 Å². The molecule has 25 heavy (non-hydrogen) atoms. The van der Waals surface area contributed by atoms with Crippen LogP contribution in [0, 0.1) is 5.92 Å². The average molecular weight is 444 g/mol. The molecule has 0 aliphatic heterocycles. The van der Waals surface area contributed by atoms with Crippen LogP contribution in [0.25, 0.3) is 10.9 Å². The lowest BCUT2D eigenvalue weighted by molar-refractivity contribution is 0.0558. The highest BCUT2D eigenvalue weighted by molar-refractivity contribution is 9.10. The van der Waals surface area contributed by atoms with Crippen LogP contribution in [0.4, 0.5) is 23.5 Å². The van der Waals surface area contributed by atoms with Crippen molar-refractivity contribution in [3.8, 4) is 0 Å². The molecule has 2 aromatic rings. The fraction of sp³-hybridized carbons (Fsp3) is 0.385. The Kier molecular flexibility index (Phi) is 4.34. The van der Waals surface area contributed by atoms with Gasteiger partial charge >= 0.3 is 13.3 Å². The van der Waals surface area contributed by atoms with E-state index in [4.69, 9.17) is 9.79 Å². The van der Waals surface area contributed by atoms with Crippen molar-refractivity contribution in [2.45, 2.75) is 18.0 Å². The van der Waals surface area contributed by atoms with Crippen molar-refractivity contribution in [3.63, 3.8) is 0 Å². The Morgan fingerprint density at radius 2 is 2.04 bits per heavy atom. The summed E-state index contributed by atoms with van der Waals surface area (Å²) in [4.78, 5) is 25.6. The minimum Gasteiger partial charge on any atom is -0.354 e. The zero-order chi connectivity index (χ0) is 18.6. The Hall–Kier alpha value is -1.29. The molecule has 1 aliphatic rings. The number of hydrogen-bond acceptors (Lipinski definition) is 4. The fourth-order valence-electron chi connectivity index (χ4n) is 2.23. The maximum Gasteiger partial charge on any atom is 0.399 e. The molecule has 1 aromatic carbocycles. The van der Waals surface area contributed by atoms with Crippen molar-refractivity contribution < 1.29 is 31.9 Å². The first kappa shape index (κ1) is 18.5. The number of halogens is 5. The van der Waals surface area contributed by atoms with Crippen LogP contribution in [0.5, 0.6) is 0 Å². The van der Waals surface area contributed by atoms with Gasteiger partial charge in [0.05, 0.1) is 5.52 Å². The van der Waals surface area contributed by atoms with E-state index in [1.54, 1.807) is 0 Å². The van der Waals surface area contributed by atoms with Gasteiger partial charge in [-0.05, 0) is 12.1 Å². The smallest absolute Gasteiger partial charge is 0.354 e. The molecule has 1 heterocycles. The van der Waals surface area contributed by atoms with E-state index in [1.165, 1.54) is 12.3 Å². The lowest BCUT2D eigenvalue weighted by Crippen LogP contribution is -2.15. The summed E-state index contributed by atoms with van der Waals surface area (Å²) in [5.74, 6) is -3.58. The third-order valence-corrected chi connectivity index (χ3v) is 5.45. The number of fused-ring (bicyclic) bond motifs is 1. The fourth-order valence-corrected chi connectivity index (χ4v) is 3.49. The van der Waals surface area contributed by atoms with Crippen LogP contribution in [0.1, 0.15) is 12.0 Å². The molecule has 136 valence electrons. The molecule has 1 atom stereocenters. The van der Waals surface area contributed by atoms with E-state index in [-0.39, 0.29) is 28.9 Å². The number of anilines is 1. The van der Waals surface area contributed by atoms with E-state index in [1.807, 2.05) is 0 Å². The van der Waals surface area contributed by atoms with Gasteiger partial charge in [-0.15, -0.1) is 0 Å². The summed E-state index contributed by atoms with van der Waals surface area (Å²) in [6.07, 6.45) is 1.05. The first-order valence-electron chi connectivity index (χ1n) is 6.94. The number of alkyl halides is 4. The second-order valence-corrected chi connectivity index (χ2v) is 8.22. The lowest BCUT2D eigenvalue weighted by atomic mass is 10.1. The molecule has 0 unspecified atom stereocenters. The largest absolute Gasteiger partial charge is 0.399 e. The van der Waals surface area contributed by atoms with Crippen molar-refractivity contribution in [2.75, 3.05) is 11.9 Å². The summed E-state index contributed by atoms with van der Waals surface area (Å²) in [5, 5.41) is 2.94. The van der Waals surface area contributed by atoms with E-state index in [2.05, 4.69) is 31.2 Å². The van der Waals surface area contributed by atoms with Crippen LogP contribution in [0.2, 0.25) is 0 Å². The third-order valence-electron chi connectivity index (χ3n) is 3.82. The molecule has 0 saturated heterocycles. The van der Waals surface area contributed by atoms with Gasteiger partial charge < -0.3 is 15.1 Å². The number of nitrogens with one attached hydrogen (secondary N) is 1. The number of benzene rings is 1. The summed E-state index contributed by atoms with van der Waals surface area (Å²) in [7, 11) is -5.75. The average Bonchev–Trinajstić information content (AvgIpc) is 3.10. The second kappa shape index (κ2) is 5.87. The lowest BCUT2D eigenvalue weighted by Gasteiger charge is -2.19. The van der Waals surface area contributed by atoms with Crippen LogP contribution in [-0.2, 0) is 10.2 Å². The van der Waals surface area contributed by atoms with Gasteiger partial charge in [-0.1, -0.05) is 15.9 Å². The molecule has 0 radical (unpaired) electrons. The predicted octanol–water partition coefficient (Wildman–Crippen LogP) is 3.69. The Morgan fingerprint density at radius 1 is 1.40 bits per heavy atom. The molecule has 1 aliphatic carbocycles. The number of nitrogens with zero attached hydrogens (tertiary/aromatic N) is 2. The van der Waals surface area contributed by atoms with Crippen LogP contribution in [0.15, 0.2) is 22.8 Å². The highest BCUT2D eigenvalue weighted by atomic mass is 79.9. The van der Waals surface area contributed by atoms with Gasteiger partial charge in [-0.25, -0.2) is 18.7 Å². The highest BCUT2D eigenvalue weighted by Crippen LogP contribution is 2.60. The van der Waals surface area contributed by atoms with Gasteiger partial charge in [0.25, 0.3) is 5.92 Å². The van der Waals surface area contributed by atoms with Crippen molar-refractivity contribution in [3.05, 3.63) is 28.4 Å². The van der Waals surface area contributed by atoms with E-state index < -0.39 is 30.7 Å². The zero-order valence-corrected chi connectivity index (χ0v) is 14.7. The molecule has 0 bridgehead atoms. The summed E-state index contributed by atoms with van der Waals surface area (Å²) >= 11 is 2.86. The van der Waals surface area contributed by atoms with E-state index in [9.17, 15) is 22.1 Å². The summed E-state index contributed by atoms with van der Waals surface area (Å²) in [6, 6.07) is 2.03. The van der Waals surface area contributed by atoms with E-state index in [0.717, 1.165) is 6.07 Å². The maximum atomic E-state index is 14.0. The molecule has 1 fully saturated rings. The molecule has 0 amide bonds. The predicted molar refractivity (Wildman–Crippen MR) is 84.7 cm³/mol. The third kappa shape index (κ3) is 3.51. The molecule has 0 spiro atoms. The number of rotatable bonds is 5. The molecular weight excluding hydrogens is 433 g/mol. The topological polar surface area (TPSA) is 95.3 Å². The molecule has 1 aromatic heterocycles. The summed E-state index contributed by atoms with van der Waals surface area (Å²) < 4.78 is 64.5. The van der Waals surface area contributed by atoms with Crippen LogP contribution < -0.4 is 5.32 Å². The van der Waals surface area contributed by atoms with Gasteiger partial charge in [0.2, 0.25) is 5.95 Å². The van der Waals surface area contributed by atoms with Crippen molar-refractivity contribution in [2.24, 2.45) is 5.92 Å². The van der Waals surface area contributed by atoms with Gasteiger partial charge in [0.15, 0.2) is 0 Å². The SMILES string of the molecule is O=P(O)(O)C(F)(F)c1cc2nc(NC[C@H]3CC3(F)F)ncc2cc1Br. The Morgan fingerprint density at radius 3 is 2.60 bits per heavy atom. The van der Waals surface area contributed by atoms with Crippen LogP contribution in [-0.4, -0.2) is 32.2 Å². The molecule has 3 rings (SSSR count). The molecular formula is C13H11BrF4N3O3P. The summed E-state index contributed by atoms with van der Waals surface area (Å²) in [6.45, 7) is -0.0689. The zero-order valence-electron chi connectivity index (χ0n) is 12.3. The minimum absolute atomic E-state index is 0.00798. The van der Waals surface area contributed by atoms with Crippen molar-refractivity contribution in [1.29, 1.82) is 0 Å². The second-order valence-electron chi connectivity index (χ2n) is 5.71. The van der Waals surface area contributed by atoms with Gasteiger partial charge in [-0.2, -0.15) is 8.78 Å². The maximum absolute atomic E-state index is 14.0. The molecule has 1 saturated carbocycles. The molecule has 3 N–H and O–H groups in total. The molecule has 12 heteroatoms. The van der Waals surface area contributed by atoms with Crippen molar-refractivity contribution >= 4 is 40.4 Å². The number of hydrogen-bond donors (Lipinski definition) is 3. The van der Waals surface area contributed by atoms with E-state index in [0.29, 0.717) is 5.39 Å². The van der Waals surface area contributed by atoms with E-state index >= 15 is 0 Å². The molecule has 6 nitrogen and oxygen atoms in total. The first-order valence-corrected chi connectivity index (χ1v) is 9.34. The monoisotopic (exact) mass is 443 g/mol. The first-order chi connectivity index (χ1) is 11.4. The van der Waals surface area contributed by atoms with Gasteiger partial charge in [0, 0.05) is 40.5 Å². The Labute approximate surface area is 147 Å². The van der Waals surface area contributed by atoms with Crippen LogP contribution in [0.3, 0.4) is 0 Å². The standard InChI is InChI=1S/C13H11BrF4N3O3P/c14-9-1-6-4-19-11(20-5-7-3-12(7,15)16)21-10(6)2-8(9)13(17,18)25(22,23)24/h1-2,4,7H,3,5H2,(H,19,20,21)(H2,22,23,24)/t7-/m1/s1. The normalized spacial score (nSPS) is 19.9. The Balaban J connectivity index is 1.93. The number of aromatic nitrogens is 2. The van der Waals surface area contributed by atoms with Gasteiger partial charge in [-0.3, -0.25) is 4.57 Å². The quantitative estimate of drug-likeness (QED) is 0.481. The highest BCUT2D eigenvalue weighted by Gasteiger charge is 2.56. The van der Waals surface area contributed by atoms with Gasteiger partial charge in [0.1, 0.15) is 0 Å². The Bertz CT molecular complexity index is 892.